The molecule has 2 aliphatic rings. The van der Waals surface area contributed by atoms with Crippen molar-refractivity contribution in [2.45, 2.75) is 11.4 Å². The second-order valence-corrected chi connectivity index (χ2v) is 8.12. The van der Waals surface area contributed by atoms with Crippen molar-refractivity contribution < 1.29 is 9.42 Å². The lowest BCUT2D eigenvalue weighted by Gasteiger charge is -2.22. The molecule has 0 saturated heterocycles. The van der Waals surface area contributed by atoms with E-state index in [-0.39, 0.29) is 6.03 Å². The van der Waals surface area contributed by atoms with Gasteiger partial charge in [-0.15, -0.1) is 0 Å². The maximum Gasteiger partial charge on any atom is 0.318 e. The average molecular weight is 393 g/mol. The third-order valence-electron chi connectivity index (χ3n) is 5.05. The number of hydrogen-bond donors (Lipinski definition) is 1. The number of nitrogens with zero attached hydrogens (tertiary/aromatic N) is 4. The number of urea groups is 1. The quantitative estimate of drug-likeness (QED) is 0.542. The molecule has 0 spiro atoms. The number of benzene rings is 2. The highest BCUT2D eigenvalue weighted by Crippen LogP contribution is 2.35. The molecule has 2 aliphatic heterocycles. The van der Waals surface area contributed by atoms with Crippen molar-refractivity contribution in [2.75, 3.05) is 26.2 Å². The van der Waals surface area contributed by atoms with Gasteiger partial charge < -0.3 is 10.2 Å². The molecule has 1 N–H and O–H groups in total. The van der Waals surface area contributed by atoms with E-state index in [0.29, 0.717) is 19.6 Å². The lowest BCUT2D eigenvalue weighted by atomic mass is 10.2. The molecule has 1 aromatic heterocycles. The molecule has 0 unspecified atom stereocenters. The molecular weight excluding hydrogens is 374 g/mol. The van der Waals surface area contributed by atoms with Crippen molar-refractivity contribution in [3.63, 3.8) is 0 Å². The fourth-order valence-electron chi connectivity index (χ4n) is 3.63. The Morgan fingerprint density at radius 3 is 2.57 bits per heavy atom. The van der Waals surface area contributed by atoms with Gasteiger partial charge in [-0.1, -0.05) is 36.4 Å². The van der Waals surface area contributed by atoms with Crippen LogP contribution >= 0.6 is 11.9 Å². The summed E-state index contributed by atoms with van der Waals surface area (Å²) in [6, 6.07) is 15.9. The smallest absolute Gasteiger partial charge is 0.318 e. The Labute approximate surface area is 166 Å². The molecule has 28 heavy (non-hydrogen) atoms. The van der Waals surface area contributed by atoms with Crippen LogP contribution in [0.4, 0.5) is 4.79 Å². The van der Waals surface area contributed by atoms with Crippen LogP contribution in [-0.2, 0) is 6.54 Å². The van der Waals surface area contributed by atoms with Crippen LogP contribution in [0.15, 0.2) is 69.2 Å². The minimum Gasteiger partial charge on any atom is -0.334 e. The van der Waals surface area contributed by atoms with Gasteiger partial charge in [0.05, 0.1) is 4.90 Å². The van der Waals surface area contributed by atoms with Crippen molar-refractivity contribution in [2.24, 2.45) is 0 Å². The molecule has 8 heteroatoms. The SMILES string of the molecule is O=C(NCc1ccccc1)N1CC2=C(CN(Sc3cccc4nonc34)C2)C1. The van der Waals surface area contributed by atoms with E-state index in [1.54, 1.807) is 11.9 Å². The van der Waals surface area contributed by atoms with Crippen LogP contribution in [0.1, 0.15) is 5.56 Å². The van der Waals surface area contributed by atoms with Gasteiger partial charge in [0.2, 0.25) is 0 Å². The number of fused-ring (bicyclic) bond motifs is 1. The molecule has 0 fully saturated rings. The number of hydrogen-bond acceptors (Lipinski definition) is 6. The van der Waals surface area contributed by atoms with E-state index in [1.807, 2.05) is 53.4 Å². The zero-order valence-corrected chi connectivity index (χ0v) is 16.0. The molecule has 7 nitrogen and oxygen atoms in total. The van der Waals surface area contributed by atoms with Crippen LogP contribution in [0.25, 0.3) is 11.0 Å². The number of carbonyl (C=O) groups excluding carboxylic acids is 1. The highest BCUT2D eigenvalue weighted by Gasteiger charge is 2.32. The van der Waals surface area contributed by atoms with Crippen molar-refractivity contribution in [3.05, 3.63) is 65.2 Å². The number of aromatic nitrogens is 2. The van der Waals surface area contributed by atoms with Gasteiger partial charge in [-0.2, -0.15) is 0 Å². The zero-order valence-electron chi connectivity index (χ0n) is 15.2. The summed E-state index contributed by atoms with van der Waals surface area (Å²) in [4.78, 5) is 15.4. The summed E-state index contributed by atoms with van der Waals surface area (Å²) in [7, 11) is 0. The van der Waals surface area contributed by atoms with Crippen LogP contribution in [0.3, 0.4) is 0 Å². The Morgan fingerprint density at radius 2 is 1.79 bits per heavy atom. The van der Waals surface area contributed by atoms with E-state index in [4.69, 9.17) is 4.63 Å². The number of amides is 2. The molecule has 142 valence electrons. The van der Waals surface area contributed by atoms with Crippen molar-refractivity contribution >= 4 is 29.0 Å². The third-order valence-corrected chi connectivity index (χ3v) is 6.09. The zero-order chi connectivity index (χ0) is 18.9. The summed E-state index contributed by atoms with van der Waals surface area (Å²) in [5.41, 5.74) is 5.35. The summed E-state index contributed by atoms with van der Waals surface area (Å²) in [6.07, 6.45) is 0. The molecule has 0 bridgehead atoms. The summed E-state index contributed by atoms with van der Waals surface area (Å²) in [6.45, 7) is 3.65. The van der Waals surface area contributed by atoms with Crippen LogP contribution in [-0.4, -0.2) is 51.7 Å². The summed E-state index contributed by atoms with van der Waals surface area (Å²) in [5, 5.41) is 10.9. The Bertz CT molecular complexity index is 1030. The minimum atomic E-state index is -0.00380. The van der Waals surface area contributed by atoms with Gasteiger partial charge in [-0.05, 0) is 51.1 Å². The number of carbonyl (C=O) groups is 1. The second kappa shape index (κ2) is 7.29. The number of nitrogens with one attached hydrogen (secondary N) is 1. The minimum absolute atomic E-state index is 0.00380. The van der Waals surface area contributed by atoms with E-state index >= 15 is 0 Å². The molecule has 0 atom stereocenters. The highest BCUT2D eigenvalue weighted by molar-refractivity contribution is 7.97. The molecule has 2 aromatic carbocycles. The van der Waals surface area contributed by atoms with Gasteiger partial charge in [-0.25, -0.2) is 13.7 Å². The van der Waals surface area contributed by atoms with Crippen LogP contribution in [0, 0.1) is 0 Å². The van der Waals surface area contributed by atoms with Gasteiger partial charge in [0, 0.05) is 32.7 Å². The average Bonchev–Trinajstić information content (AvgIpc) is 3.42. The van der Waals surface area contributed by atoms with Crippen LogP contribution in [0.2, 0.25) is 0 Å². The first-order valence-corrected chi connectivity index (χ1v) is 9.94. The number of rotatable bonds is 4. The molecule has 2 amide bonds. The third kappa shape index (κ3) is 3.36. The fraction of sp³-hybridized carbons (Fsp3) is 0.250. The standard InChI is InChI=1S/C20H19N5O2S/c26-20(21-9-14-5-2-1-3-6-14)24-10-15-12-25(13-16(15)11-24)28-18-8-4-7-17-19(18)23-27-22-17/h1-8H,9-13H2,(H,21,26). The molecule has 0 radical (unpaired) electrons. The van der Waals surface area contributed by atoms with Crippen molar-refractivity contribution in [1.82, 2.24) is 24.8 Å². The molecule has 5 rings (SSSR count). The summed E-state index contributed by atoms with van der Waals surface area (Å²) < 4.78 is 7.15. The maximum absolute atomic E-state index is 12.5. The first-order chi connectivity index (χ1) is 13.8. The van der Waals surface area contributed by atoms with E-state index in [2.05, 4.69) is 19.9 Å². The lowest BCUT2D eigenvalue weighted by molar-refractivity contribution is 0.208. The van der Waals surface area contributed by atoms with Crippen LogP contribution in [0.5, 0.6) is 0 Å². The Kier molecular flexibility index (Phi) is 4.50. The first-order valence-electron chi connectivity index (χ1n) is 9.17. The van der Waals surface area contributed by atoms with Gasteiger partial charge in [0.15, 0.2) is 0 Å². The highest BCUT2D eigenvalue weighted by atomic mass is 32.2. The molecular formula is C20H19N5O2S. The normalized spacial score (nSPS) is 16.8. The van der Waals surface area contributed by atoms with Gasteiger partial charge in [0.1, 0.15) is 11.0 Å². The first kappa shape index (κ1) is 17.3. The second-order valence-electron chi connectivity index (χ2n) is 6.98. The van der Waals surface area contributed by atoms with Crippen LogP contribution < -0.4 is 5.32 Å². The monoisotopic (exact) mass is 393 g/mol. The molecule has 3 aromatic rings. The summed E-state index contributed by atoms with van der Waals surface area (Å²) in [5.74, 6) is 0. The van der Waals surface area contributed by atoms with E-state index in [9.17, 15) is 4.79 Å². The topological polar surface area (TPSA) is 74.5 Å². The van der Waals surface area contributed by atoms with E-state index in [1.165, 1.54) is 11.1 Å². The maximum atomic E-state index is 12.5. The van der Waals surface area contributed by atoms with Crippen molar-refractivity contribution in [3.8, 4) is 0 Å². The predicted octanol–water partition coefficient (Wildman–Crippen LogP) is 3.07. The Morgan fingerprint density at radius 1 is 1.00 bits per heavy atom. The van der Waals surface area contributed by atoms with E-state index < -0.39 is 0 Å². The Hall–Kier alpha value is -2.84. The van der Waals surface area contributed by atoms with Crippen molar-refractivity contribution in [1.29, 1.82) is 0 Å². The van der Waals surface area contributed by atoms with Gasteiger partial charge >= 0.3 is 6.03 Å². The predicted molar refractivity (Wildman–Crippen MR) is 107 cm³/mol. The van der Waals surface area contributed by atoms with E-state index in [0.717, 1.165) is 34.6 Å². The largest absolute Gasteiger partial charge is 0.334 e. The molecule has 3 heterocycles. The molecule has 0 aliphatic carbocycles. The Balaban J connectivity index is 1.15. The van der Waals surface area contributed by atoms with Gasteiger partial charge in [0.25, 0.3) is 0 Å². The summed E-state index contributed by atoms with van der Waals surface area (Å²) >= 11 is 1.67. The molecule has 0 saturated carbocycles. The fourth-order valence-corrected chi connectivity index (χ4v) is 4.72. The lowest BCUT2D eigenvalue weighted by Crippen LogP contribution is -2.40. The van der Waals surface area contributed by atoms with Gasteiger partial charge in [-0.3, -0.25) is 0 Å².